The molecule has 3 aromatic rings. The van der Waals surface area contributed by atoms with Gasteiger partial charge in [0.1, 0.15) is 11.8 Å². The Kier molecular flexibility index (Phi) is 3.08. The second-order valence-electron chi connectivity index (χ2n) is 5.19. The van der Waals surface area contributed by atoms with E-state index in [0.717, 1.165) is 17.5 Å². The summed E-state index contributed by atoms with van der Waals surface area (Å²) < 4.78 is 6.87. The Labute approximate surface area is 125 Å². The maximum Gasteiger partial charge on any atom is 0.253 e. The van der Waals surface area contributed by atoms with E-state index in [0.29, 0.717) is 24.3 Å². The van der Waals surface area contributed by atoms with Crippen molar-refractivity contribution in [2.75, 3.05) is 6.61 Å². The normalized spacial score (nSPS) is 16.8. The monoisotopic (exact) mass is 298 g/mol. The van der Waals surface area contributed by atoms with Crippen LogP contribution < -0.4 is 5.32 Å². The number of hydrogen-bond acceptors (Lipinski definition) is 5. The molecule has 3 aromatic heterocycles. The van der Waals surface area contributed by atoms with Crippen molar-refractivity contribution in [2.24, 2.45) is 0 Å². The lowest BCUT2D eigenvalue weighted by Gasteiger charge is -2.01. The van der Waals surface area contributed by atoms with Crippen molar-refractivity contribution in [1.29, 1.82) is 0 Å². The van der Waals surface area contributed by atoms with Crippen LogP contribution in [0.2, 0.25) is 0 Å². The van der Waals surface area contributed by atoms with Crippen LogP contribution in [0.3, 0.4) is 0 Å². The Morgan fingerprint density at radius 1 is 1.55 bits per heavy atom. The maximum atomic E-state index is 12.3. The summed E-state index contributed by atoms with van der Waals surface area (Å²) in [5, 5.41) is 11.7. The van der Waals surface area contributed by atoms with Crippen LogP contribution in [-0.4, -0.2) is 43.6 Å². The Morgan fingerprint density at radius 3 is 3.32 bits per heavy atom. The fourth-order valence-electron chi connectivity index (χ4n) is 2.31. The molecular formula is C14H14N6O2. The van der Waals surface area contributed by atoms with Crippen LogP contribution in [0.1, 0.15) is 16.1 Å². The number of carbonyl (C=O) groups excluding carboxylic acids is 1. The molecule has 22 heavy (non-hydrogen) atoms. The van der Waals surface area contributed by atoms with E-state index in [4.69, 9.17) is 4.74 Å². The van der Waals surface area contributed by atoms with Gasteiger partial charge in [-0.15, -0.1) is 5.10 Å². The third kappa shape index (κ3) is 2.56. The molecule has 1 unspecified atom stereocenters. The topological polar surface area (TPSA) is 101 Å². The van der Waals surface area contributed by atoms with Crippen molar-refractivity contribution < 1.29 is 9.53 Å². The number of carbonyl (C=O) groups is 1. The molecule has 0 bridgehead atoms. The summed E-state index contributed by atoms with van der Waals surface area (Å²) in [5.41, 5.74) is 2.17. The Bertz CT molecular complexity index is 819. The minimum absolute atomic E-state index is 0.167. The summed E-state index contributed by atoms with van der Waals surface area (Å²) in [4.78, 5) is 19.4. The number of H-pyrrole nitrogens is 1. The second-order valence-corrected chi connectivity index (χ2v) is 5.19. The summed E-state index contributed by atoms with van der Waals surface area (Å²) in [6.45, 7) is 1.81. The molecule has 1 saturated heterocycles. The third-order valence-corrected chi connectivity index (χ3v) is 3.54. The predicted molar refractivity (Wildman–Crippen MR) is 77.0 cm³/mol. The largest absolute Gasteiger partial charge is 0.371 e. The number of pyridine rings is 1. The lowest BCUT2D eigenvalue weighted by molar-refractivity contribution is 0.0952. The number of nitrogens with zero attached hydrogens (tertiary/aromatic N) is 4. The minimum atomic E-state index is -0.167. The van der Waals surface area contributed by atoms with Crippen LogP contribution in [0, 0.1) is 0 Å². The molecule has 8 nitrogen and oxygen atoms in total. The summed E-state index contributed by atoms with van der Waals surface area (Å²) >= 11 is 0. The van der Waals surface area contributed by atoms with Crippen molar-refractivity contribution in [3.63, 3.8) is 0 Å². The number of fused-ring (bicyclic) bond motifs is 1. The molecule has 1 aliphatic rings. The first-order chi connectivity index (χ1) is 10.8. The van der Waals surface area contributed by atoms with Crippen LogP contribution in [0.15, 0.2) is 30.9 Å². The predicted octanol–water partition coefficient (Wildman–Crippen LogP) is 0.483. The zero-order valence-corrected chi connectivity index (χ0v) is 11.7. The number of aromatic amines is 1. The highest BCUT2D eigenvalue weighted by Gasteiger charge is 2.23. The van der Waals surface area contributed by atoms with Crippen LogP contribution in [0.4, 0.5) is 0 Å². The van der Waals surface area contributed by atoms with Crippen molar-refractivity contribution in [1.82, 2.24) is 30.3 Å². The first kappa shape index (κ1) is 13.0. The van der Waals surface area contributed by atoms with E-state index in [1.165, 1.54) is 0 Å². The summed E-state index contributed by atoms with van der Waals surface area (Å²) in [6.07, 6.45) is 7.11. The smallest absolute Gasteiger partial charge is 0.253 e. The summed E-state index contributed by atoms with van der Waals surface area (Å²) in [5.74, 6) is -0.167. The molecule has 1 atom stereocenters. The van der Waals surface area contributed by atoms with E-state index in [1.54, 1.807) is 23.3 Å². The fourth-order valence-corrected chi connectivity index (χ4v) is 2.31. The molecule has 0 aliphatic carbocycles. The van der Waals surface area contributed by atoms with Gasteiger partial charge in [-0.2, -0.15) is 0 Å². The van der Waals surface area contributed by atoms with Gasteiger partial charge in [-0.05, 0) is 6.07 Å². The van der Waals surface area contributed by atoms with Crippen molar-refractivity contribution >= 4 is 16.8 Å². The Morgan fingerprint density at radius 2 is 2.45 bits per heavy atom. The molecule has 1 amide bonds. The first-order valence-electron chi connectivity index (χ1n) is 6.99. The minimum Gasteiger partial charge on any atom is -0.371 e. The number of epoxide rings is 1. The molecule has 112 valence electrons. The highest BCUT2D eigenvalue weighted by Crippen LogP contribution is 2.16. The van der Waals surface area contributed by atoms with E-state index in [9.17, 15) is 4.79 Å². The zero-order chi connectivity index (χ0) is 14.9. The molecule has 0 spiro atoms. The van der Waals surface area contributed by atoms with Gasteiger partial charge in [0.05, 0.1) is 31.5 Å². The molecule has 4 rings (SSSR count). The quantitative estimate of drug-likeness (QED) is 0.667. The highest BCUT2D eigenvalue weighted by atomic mass is 16.6. The van der Waals surface area contributed by atoms with Gasteiger partial charge in [-0.25, -0.2) is 4.68 Å². The van der Waals surface area contributed by atoms with Crippen LogP contribution in [0.25, 0.3) is 10.9 Å². The number of aromatic nitrogens is 5. The fraction of sp³-hybridized carbons (Fsp3) is 0.286. The number of ether oxygens (including phenoxy) is 1. The molecule has 2 N–H and O–H groups in total. The second kappa shape index (κ2) is 5.23. The van der Waals surface area contributed by atoms with Crippen LogP contribution >= 0.6 is 0 Å². The average molecular weight is 298 g/mol. The molecule has 1 aliphatic heterocycles. The van der Waals surface area contributed by atoms with Gasteiger partial charge in [-0.3, -0.25) is 9.78 Å². The zero-order valence-electron chi connectivity index (χ0n) is 11.7. The van der Waals surface area contributed by atoms with Gasteiger partial charge in [0.2, 0.25) is 0 Å². The maximum absolute atomic E-state index is 12.3. The lowest BCUT2D eigenvalue weighted by atomic mass is 10.2. The summed E-state index contributed by atoms with van der Waals surface area (Å²) in [7, 11) is 0. The average Bonchev–Trinajstić information content (AvgIpc) is 3.07. The molecule has 0 saturated carbocycles. The van der Waals surface area contributed by atoms with E-state index in [1.807, 2.05) is 12.3 Å². The summed E-state index contributed by atoms with van der Waals surface area (Å²) in [6, 6.07) is 1.83. The van der Waals surface area contributed by atoms with Gasteiger partial charge in [0.15, 0.2) is 0 Å². The Balaban J connectivity index is 1.42. The van der Waals surface area contributed by atoms with Gasteiger partial charge >= 0.3 is 0 Å². The number of amides is 1. The molecule has 4 heterocycles. The Hall–Kier alpha value is -2.74. The molecular weight excluding hydrogens is 284 g/mol. The van der Waals surface area contributed by atoms with E-state index < -0.39 is 0 Å². The van der Waals surface area contributed by atoms with Gasteiger partial charge in [0.25, 0.3) is 5.91 Å². The number of hydrogen-bond donors (Lipinski definition) is 2. The third-order valence-electron chi connectivity index (χ3n) is 3.54. The van der Waals surface area contributed by atoms with E-state index in [-0.39, 0.29) is 12.0 Å². The van der Waals surface area contributed by atoms with Crippen LogP contribution in [-0.2, 0) is 17.8 Å². The van der Waals surface area contributed by atoms with Crippen molar-refractivity contribution in [3.05, 3.63) is 42.1 Å². The number of nitrogens with one attached hydrogen (secondary N) is 2. The molecule has 8 heteroatoms. The molecule has 0 radical (unpaired) electrons. The first-order valence-corrected chi connectivity index (χ1v) is 6.99. The van der Waals surface area contributed by atoms with Crippen LogP contribution in [0.5, 0.6) is 0 Å². The van der Waals surface area contributed by atoms with E-state index >= 15 is 0 Å². The van der Waals surface area contributed by atoms with Gasteiger partial charge in [-0.1, -0.05) is 5.21 Å². The standard InChI is InChI=1S/C14H14N6O2/c21-14(12-5-16-13-1-2-15-4-11(12)13)17-3-9-6-20(19-18-9)7-10-8-22-10/h1-2,4-6,10,16H,3,7-8H2,(H,17,21). The van der Waals surface area contributed by atoms with Gasteiger partial charge in [0, 0.05) is 29.5 Å². The molecule has 0 aromatic carbocycles. The number of rotatable bonds is 5. The van der Waals surface area contributed by atoms with Gasteiger partial charge < -0.3 is 15.0 Å². The highest BCUT2D eigenvalue weighted by molar-refractivity contribution is 6.06. The lowest BCUT2D eigenvalue weighted by Crippen LogP contribution is -2.22. The van der Waals surface area contributed by atoms with E-state index in [2.05, 4.69) is 25.6 Å². The SMILES string of the molecule is O=C(NCc1cn(CC2CO2)nn1)c1c[nH]c2ccncc12. The molecule has 1 fully saturated rings. The van der Waals surface area contributed by atoms with Crippen molar-refractivity contribution in [3.8, 4) is 0 Å². The van der Waals surface area contributed by atoms with Crippen molar-refractivity contribution in [2.45, 2.75) is 19.2 Å².